The van der Waals surface area contributed by atoms with Gasteiger partial charge in [-0.3, -0.25) is 24.7 Å². The van der Waals surface area contributed by atoms with E-state index in [0.29, 0.717) is 41.1 Å². The van der Waals surface area contributed by atoms with E-state index in [0.717, 1.165) is 5.56 Å². The number of ketones is 1. The van der Waals surface area contributed by atoms with Crippen molar-refractivity contribution in [3.63, 3.8) is 0 Å². The number of non-ortho nitro benzene ring substituents is 1. The minimum atomic E-state index is -0.834. The van der Waals surface area contributed by atoms with Gasteiger partial charge in [-0.05, 0) is 42.5 Å². The molecule has 0 amide bonds. The molecule has 8 nitrogen and oxygen atoms in total. The Kier molecular flexibility index (Phi) is 7.63. The lowest BCUT2D eigenvalue weighted by molar-refractivity contribution is -0.384. The molecule has 3 aromatic rings. The van der Waals surface area contributed by atoms with Gasteiger partial charge in [-0.2, -0.15) is 0 Å². The van der Waals surface area contributed by atoms with E-state index in [1.165, 1.54) is 12.1 Å². The van der Waals surface area contributed by atoms with Crippen molar-refractivity contribution in [2.75, 3.05) is 13.2 Å². The molecule has 0 N–H and O–H groups in total. The lowest BCUT2D eigenvalue weighted by Crippen LogP contribution is -2.38. The fourth-order valence-corrected chi connectivity index (χ4v) is 5.40. The number of rotatable bonds is 8. The molecule has 0 fully saturated rings. The highest BCUT2D eigenvalue weighted by Crippen LogP contribution is 2.47. The molecule has 5 rings (SSSR count). The second-order valence-electron chi connectivity index (χ2n) is 9.69. The van der Waals surface area contributed by atoms with Crippen LogP contribution >= 0.6 is 0 Å². The Bertz CT molecular complexity index is 1430. The molecule has 0 radical (unpaired) electrons. The molecule has 1 unspecified atom stereocenters. The minimum Gasteiger partial charge on any atom is -0.490 e. The van der Waals surface area contributed by atoms with Gasteiger partial charge in [-0.1, -0.05) is 60.7 Å². The van der Waals surface area contributed by atoms with Gasteiger partial charge in [0.15, 0.2) is 5.78 Å². The number of nitro groups is 1. The van der Waals surface area contributed by atoms with Gasteiger partial charge in [0.2, 0.25) is 0 Å². The van der Waals surface area contributed by atoms with E-state index in [4.69, 9.17) is 14.5 Å². The third kappa shape index (κ3) is 5.65. The van der Waals surface area contributed by atoms with Crippen molar-refractivity contribution >= 4 is 23.2 Å². The third-order valence-electron chi connectivity index (χ3n) is 7.22. The number of para-hydroxylation sites is 1. The summed E-state index contributed by atoms with van der Waals surface area (Å²) in [5.74, 6) is -1.41. The van der Waals surface area contributed by atoms with Gasteiger partial charge in [0.05, 0.1) is 4.92 Å². The van der Waals surface area contributed by atoms with Gasteiger partial charge in [0.1, 0.15) is 24.9 Å². The molecule has 0 spiro atoms. The molecular formula is C31H28N2O6. The van der Waals surface area contributed by atoms with Crippen LogP contribution in [-0.2, 0) is 14.3 Å². The summed E-state index contributed by atoms with van der Waals surface area (Å²) in [5, 5.41) is 11.3. The first kappa shape index (κ1) is 26.0. The van der Waals surface area contributed by atoms with E-state index < -0.39 is 22.7 Å². The van der Waals surface area contributed by atoms with Crippen molar-refractivity contribution in [2.24, 2.45) is 10.9 Å². The number of nitro benzene ring substituents is 1. The van der Waals surface area contributed by atoms with Crippen molar-refractivity contribution < 1.29 is 24.0 Å². The number of benzene rings is 3. The van der Waals surface area contributed by atoms with Crippen LogP contribution in [0.2, 0.25) is 0 Å². The van der Waals surface area contributed by atoms with Gasteiger partial charge in [0.25, 0.3) is 5.69 Å². The Balaban J connectivity index is 1.43. The number of hydrogen-bond donors (Lipinski definition) is 0. The molecule has 0 aromatic heterocycles. The second kappa shape index (κ2) is 11.4. The summed E-state index contributed by atoms with van der Waals surface area (Å²) in [4.78, 5) is 42.6. The fourth-order valence-electron chi connectivity index (χ4n) is 5.40. The highest BCUT2D eigenvalue weighted by molar-refractivity contribution is 6.09. The highest BCUT2D eigenvalue weighted by atomic mass is 16.6. The number of nitrogens with zero attached hydrogens (tertiary/aromatic N) is 2. The number of carbonyl (C=O) groups is 2. The largest absolute Gasteiger partial charge is 0.490 e. The molecule has 1 aliphatic carbocycles. The first-order chi connectivity index (χ1) is 18.9. The Morgan fingerprint density at radius 3 is 2.26 bits per heavy atom. The zero-order valence-corrected chi connectivity index (χ0v) is 21.5. The fraction of sp³-hybridized carbons (Fsp3) is 0.258. The summed E-state index contributed by atoms with van der Waals surface area (Å²) in [7, 11) is 0. The quantitative estimate of drug-likeness (QED) is 0.160. The van der Waals surface area contributed by atoms with Crippen LogP contribution in [0.4, 0.5) is 5.69 Å². The van der Waals surface area contributed by atoms with Crippen LogP contribution in [0, 0.1) is 16.0 Å². The van der Waals surface area contributed by atoms with Crippen molar-refractivity contribution in [1.29, 1.82) is 0 Å². The number of ether oxygens (including phenoxy) is 2. The monoisotopic (exact) mass is 524 g/mol. The summed E-state index contributed by atoms with van der Waals surface area (Å²) in [6, 6.07) is 25.1. The summed E-state index contributed by atoms with van der Waals surface area (Å²) in [6.45, 7) is 1.97. The Labute approximate surface area is 226 Å². The van der Waals surface area contributed by atoms with Crippen molar-refractivity contribution in [2.45, 2.75) is 31.6 Å². The third-order valence-corrected chi connectivity index (χ3v) is 7.22. The highest BCUT2D eigenvalue weighted by Gasteiger charge is 2.44. The predicted molar refractivity (Wildman–Crippen MR) is 146 cm³/mol. The summed E-state index contributed by atoms with van der Waals surface area (Å²) >= 11 is 0. The number of carbonyl (C=O) groups excluding carboxylic acids is 2. The van der Waals surface area contributed by atoms with Gasteiger partial charge < -0.3 is 9.47 Å². The van der Waals surface area contributed by atoms with Crippen LogP contribution in [-0.4, -0.2) is 35.6 Å². The molecule has 1 aliphatic heterocycles. The van der Waals surface area contributed by atoms with Crippen LogP contribution in [0.5, 0.6) is 5.75 Å². The van der Waals surface area contributed by atoms with E-state index in [1.54, 1.807) is 19.1 Å². The molecule has 2 aliphatic rings. The van der Waals surface area contributed by atoms with Crippen LogP contribution < -0.4 is 4.74 Å². The topological polar surface area (TPSA) is 108 Å². The van der Waals surface area contributed by atoms with Gasteiger partial charge >= 0.3 is 5.97 Å². The number of esters is 1. The van der Waals surface area contributed by atoms with E-state index >= 15 is 0 Å². The van der Waals surface area contributed by atoms with Gasteiger partial charge in [-0.25, -0.2) is 0 Å². The van der Waals surface area contributed by atoms with E-state index in [-0.39, 0.29) is 30.6 Å². The van der Waals surface area contributed by atoms with Crippen LogP contribution in [0.3, 0.4) is 0 Å². The molecule has 3 aromatic carbocycles. The van der Waals surface area contributed by atoms with Crippen molar-refractivity contribution in [3.8, 4) is 5.75 Å². The zero-order valence-electron chi connectivity index (χ0n) is 21.5. The number of allylic oxidation sites excluding steroid dienone is 2. The maximum Gasteiger partial charge on any atom is 0.315 e. The Hall–Kier alpha value is -4.59. The number of aliphatic imine (C=N–C) groups is 1. The lowest BCUT2D eigenvalue weighted by atomic mass is 9.69. The van der Waals surface area contributed by atoms with Gasteiger partial charge in [0, 0.05) is 41.5 Å². The lowest BCUT2D eigenvalue weighted by Gasteiger charge is -2.36. The van der Waals surface area contributed by atoms with E-state index in [1.807, 2.05) is 60.7 Å². The Morgan fingerprint density at radius 1 is 0.923 bits per heavy atom. The zero-order chi connectivity index (χ0) is 27.4. The predicted octanol–water partition coefficient (Wildman–Crippen LogP) is 5.79. The molecule has 0 saturated carbocycles. The summed E-state index contributed by atoms with van der Waals surface area (Å²) < 4.78 is 11.2. The molecule has 39 heavy (non-hydrogen) atoms. The summed E-state index contributed by atoms with van der Waals surface area (Å²) in [6.07, 6.45) is 0.867. The average Bonchev–Trinajstić information content (AvgIpc) is 2.95. The molecule has 0 bridgehead atoms. The molecule has 1 heterocycles. The first-order valence-corrected chi connectivity index (χ1v) is 12.9. The van der Waals surface area contributed by atoms with Crippen LogP contribution in [0.25, 0.3) is 0 Å². The van der Waals surface area contributed by atoms with Gasteiger partial charge in [-0.15, -0.1) is 0 Å². The molecule has 198 valence electrons. The van der Waals surface area contributed by atoms with E-state index in [9.17, 15) is 19.7 Å². The maximum absolute atomic E-state index is 13.7. The molecular weight excluding hydrogens is 496 g/mol. The average molecular weight is 525 g/mol. The number of hydrogen-bond acceptors (Lipinski definition) is 7. The standard InChI is InChI=1S/C31H28N2O6/c1-20-28(31(35)39-17-16-38-25-10-6-3-7-11-25)29(22-12-14-24(15-13-22)33(36)37)30-26(32-20)18-23(19-27(30)34)21-8-4-2-5-9-21/h2-15,23,28-29H,16-19H2,1H3/t23-,28?,29-/m0/s1. The van der Waals surface area contributed by atoms with Crippen LogP contribution in [0.15, 0.2) is 101 Å². The van der Waals surface area contributed by atoms with E-state index in [2.05, 4.69) is 0 Å². The second-order valence-corrected chi connectivity index (χ2v) is 9.69. The Morgan fingerprint density at radius 2 is 1.59 bits per heavy atom. The normalized spacial score (nSPS) is 20.6. The minimum absolute atomic E-state index is 0.00912. The summed E-state index contributed by atoms with van der Waals surface area (Å²) in [5.41, 5.74) is 3.34. The smallest absolute Gasteiger partial charge is 0.315 e. The maximum atomic E-state index is 13.7. The molecule has 0 saturated heterocycles. The van der Waals surface area contributed by atoms with Crippen LogP contribution in [0.1, 0.15) is 42.7 Å². The number of Topliss-reactive ketones (excluding diaryl/α,β-unsaturated/α-hetero) is 1. The molecule has 3 atom stereocenters. The first-order valence-electron chi connectivity index (χ1n) is 12.9. The molecule has 8 heteroatoms. The van der Waals surface area contributed by atoms with Crippen molar-refractivity contribution in [1.82, 2.24) is 0 Å². The SMILES string of the molecule is CC1=NC2=C(C(=O)C[C@@H](c3ccccc3)C2)[C@@H](c2ccc([N+](=O)[O-])cc2)C1C(=O)OCCOc1ccccc1. The van der Waals surface area contributed by atoms with Crippen molar-refractivity contribution in [3.05, 3.63) is 117 Å².